The Morgan fingerprint density at radius 2 is 2.11 bits per heavy atom. The average Bonchev–Trinajstić information content (AvgIpc) is 2.37. The number of unbranched alkanes of at least 4 members (excludes halogenated alkanes) is 2. The molecule has 0 atom stereocenters. The van der Waals surface area contributed by atoms with Gasteiger partial charge in [0.15, 0.2) is 0 Å². The van der Waals surface area contributed by atoms with Crippen molar-refractivity contribution in [1.82, 2.24) is 15.2 Å². The largest absolute Gasteiger partial charge is 0.326 e. The van der Waals surface area contributed by atoms with Gasteiger partial charge in [-0.05, 0) is 57.7 Å². The summed E-state index contributed by atoms with van der Waals surface area (Å²) in [5, 5.41) is 3.42. The number of pyridine rings is 1. The molecule has 1 aromatic rings. The molecule has 0 aliphatic carbocycles. The molecule has 0 spiro atoms. The molecule has 0 saturated heterocycles. The highest BCUT2D eigenvalue weighted by Gasteiger charge is 1.96. The van der Waals surface area contributed by atoms with Gasteiger partial charge >= 0.3 is 0 Å². The van der Waals surface area contributed by atoms with E-state index in [1.54, 1.807) is 0 Å². The van der Waals surface area contributed by atoms with Gasteiger partial charge < -0.3 is 16.0 Å². The fraction of sp³-hybridized carbons (Fsp3) is 0.643. The molecule has 1 heterocycles. The Kier molecular flexibility index (Phi) is 7.57. The maximum absolute atomic E-state index is 5.60. The number of aromatic nitrogens is 1. The number of nitrogens with one attached hydrogen (secondary N) is 1. The first-order valence-electron chi connectivity index (χ1n) is 6.71. The second-order valence-corrected chi connectivity index (χ2v) is 4.90. The van der Waals surface area contributed by atoms with Crippen molar-refractivity contribution in [2.24, 2.45) is 5.73 Å². The van der Waals surface area contributed by atoms with Crippen LogP contribution < -0.4 is 11.1 Å². The Labute approximate surface area is 111 Å². The van der Waals surface area contributed by atoms with Gasteiger partial charge in [-0.15, -0.1) is 0 Å². The van der Waals surface area contributed by atoms with E-state index in [9.17, 15) is 0 Å². The van der Waals surface area contributed by atoms with Crippen molar-refractivity contribution < 1.29 is 0 Å². The lowest BCUT2D eigenvalue weighted by Crippen LogP contribution is -2.17. The molecule has 0 radical (unpaired) electrons. The number of hydrogen-bond donors (Lipinski definition) is 2. The van der Waals surface area contributed by atoms with Crippen LogP contribution in [0.3, 0.4) is 0 Å². The summed E-state index contributed by atoms with van der Waals surface area (Å²) >= 11 is 0. The maximum atomic E-state index is 5.60. The lowest BCUT2D eigenvalue weighted by Gasteiger charge is -2.09. The molecule has 1 rings (SSSR count). The normalized spacial score (nSPS) is 11.1. The molecule has 0 saturated carbocycles. The Balaban J connectivity index is 2.06. The summed E-state index contributed by atoms with van der Waals surface area (Å²) in [6.45, 7) is 3.66. The van der Waals surface area contributed by atoms with Crippen molar-refractivity contribution in [1.29, 1.82) is 0 Å². The Morgan fingerprint density at radius 3 is 2.83 bits per heavy atom. The van der Waals surface area contributed by atoms with Crippen LogP contribution in [0.5, 0.6) is 0 Å². The highest BCUT2D eigenvalue weighted by Crippen LogP contribution is 2.01. The van der Waals surface area contributed by atoms with E-state index in [1.165, 1.54) is 25.8 Å². The predicted molar refractivity (Wildman–Crippen MR) is 76.2 cm³/mol. The number of nitrogens with two attached hydrogens (primary N) is 1. The Hall–Kier alpha value is -0.970. The first kappa shape index (κ1) is 15.1. The Bertz CT molecular complexity index is 325. The lowest BCUT2D eigenvalue weighted by molar-refractivity contribution is 0.390. The third kappa shape index (κ3) is 6.69. The van der Waals surface area contributed by atoms with Gasteiger partial charge in [0.05, 0.1) is 5.69 Å². The van der Waals surface area contributed by atoms with Gasteiger partial charge in [-0.1, -0.05) is 6.42 Å². The van der Waals surface area contributed by atoms with Gasteiger partial charge in [-0.25, -0.2) is 0 Å². The third-order valence-corrected chi connectivity index (χ3v) is 2.88. The molecule has 0 bridgehead atoms. The summed E-state index contributed by atoms with van der Waals surface area (Å²) in [4.78, 5) is 6.55. The minimum atomic E-state index is 0.583. The van der Waals surface area contributed by atoms with Gasteiger partial charge in [0.1, 0.15) is 0 Å². The predicted octanol–water partition coefficient (Wildman–Crippen LogP) is 1.36. The van der Waals surface area contributed by atoms with Gasteiger partial charge in [-0.2, -0.15) is 0 Å². The van der Waals surface area contributed by atoms with Crippen LogP contribution in [0.4, 0.5) is 0 Å². The summed E-state index contributed by atoms with van der Waals surface area (Å²) in [6.07, 6.45) is 5.61. The molecule has 0 aromatic carbocycles. The smallest absolute Gasteiger partial charge is 0.0544 e. The maximum Gasteiger partial charge on any atom is 0.0544 e. The van der Waals surface area contributed by atoms with Crippen LogP contribution in [0.25, 0.3) is 0 Å². The zero-order valence-electron chi connectivity index (χ0n) is 11.7. The first-order valence-corrected chi connectivity index (χ1v) is 6.71. The number of rotatable bonds is 9. The molecular formula is C14H26N4. The quantitative estimate of drug-likeness (QED) is 0.650. The van der Waals surface area contributed by atoms with E-state index < -0.39 is 0 Å². The number of nitrogens with zero attached hydrogens (tertiary/aromatic N) is 2. The average molecular weight is 250 g/mol. The van der Waals surface area contributed by atoms with Gasteiger partial charge in [0.2, 0.25) is 0 Å². The standard InChI is InChI=1S/C14H26N4/c1-18(2)9-5-3-4-7-16-12-14-10-13(11-15)6-8-17-14/h6,8,10,16H,3-5,7,9,11-12,15H2,1-2H3. The summed E-state index contributed by atoms with van der Waals surface area (Å²) in [5.74, 6) is 0. The molecule has 0 amide bonds. The van der Waals surface area contributed by atoms with E-state index in [0.29, 0.717) is 6.54 Å². The number of hydrogen-bond acceptors (Lipinski definition) is 4. The molecular weight excluding hydrogens is 224 g/mol. The SMILES string of the molecule is CN(C)CCCCCNCc1cc(CN)ccn1. The van der Waals surface area contributed by atoms with Crippen LogP contribution in [0, 0.1) is 0 Å². The molecule has 102 valence electrons. The van der Waals surface area contributed by atoms with Crippen molar-refractivity contribution in [3.05, 3.63) is 29.6 Å². The molecule has 0 fully saturated rings. The van der Waals surface area contributed by atoms with E-state index >= 15 is 0 Å². The fourth-order valence-corrected chi connectivity index (χ4v) is 1.82. The van der Waals surface area contributed by atoms with Crippen molar-refractivity contribution in [3.8, 4) is 0 Å². The highest BCUT2D eigenvalue weighted by atomic mass is 15.0. The second-order valence-electron chi connectivity index (χ2n) is 4.90. The van der Waals surface area contributed by atoms with Crippen LogP contribution in [0.1, 0.15) is 30.5 Å². The highest BCUT2D eigenvalue weighted by molar-refractivity contribution is 5.15. The van der Waals surface area contributed by atoms with Crippen molar-refractivity contribution in [2.45, 2.75) is 32.4 Å². The fourth-order valence-electron chi connectivity index (χ4n) is 1.82. The van der Waals surface area contributed by atoms with E-state index in [1.807, 2.05) is 12.3 Å². The van der Waals surface area contributed by atoms with Gasteiger partial charge in [0.25, 0.3) is 0 Å². The monoisotopic (exact) mass is 250 g/mol. The van der Waals surface area contributed by atoms with E-state index in [-0.39, 0.29) is 0 Å². The van der Waals surface area contributed by atoms with Crippen molar-refractivity contribution >= 4 is 0 Å². The minimum Gasteiger partial charge on any atom is -0.326 e. The minimum absolute atomic E-state index is 0.583. The molecule has 18 heavy (non-hydrogen) atoms. The molecule has 3 N–H and O–H groups in total. The zero-order chi connectivity index (χ0) is 13.2. The Morgan fingerprint density at radius 1 is 1.28 bits per heavy atom. The molecule has 0 aliphatic heterocycles. The summed E-state index contributed by atoms with van der Waals surface area (Å²) < 4.78 is 0. The van der Waals surface area contributed by atoms with Crippen LogP contribution in [0.2, 0.25) is 0 Å². The van der Waals surface area contributed by atoms with Crippen LogP contribution in [-0.2, 0) is 13.1 Å². The second kappa shape index (κ2) is 9.03. The zero-order valence-corrected chi connectivity index (χ0v) is 11.7. The first-order chi connectivity index (χ1) is 8.72. The van der Waals surface area contributed by atoms with Gasteiger partial charge in [-0.3, -0.25) is 4.98 Å². The molecule has 0 unspecified atom stereocenters. The van der Waals surface area contributed by atoms with E-state index in [0.717, 1.165) is 24.3 Å². The summed E-state index contributed by atoms with van der Waals surface area (Å²) in [6, 6.07) is 4.03. The van der Waals surface area contributed by atoms with Crippen molar-refractivity contribution in [3.63, 3.8) is 0 Å². The summed E-state index contributed by atoms with van der Waals surface area (Å²) in [7, 11) is 4.24. The lowest BCUT2D eigenvalue weighted by atomic mass is 10.2. The molecule has 4 heteroatoms. The van der Waals surface area contributed by atoms with E-state index in [4.69, 9.17) is 5.73 Å². The topological polar surface area (TPSA) is 54.2 Å². The molecule has 1 aromatic heterocycles. The van der Waals surface area contributed by atoms with Crippen molar-refractivity contribution in [2.75, 3.05) is 27.2 Å². The van der Waals surface area contributed by atoms with E-state index in [2.05, 4.69) is 35.4 Å². The van der Waals surface area contributed by atoms with Crippen LogP contribution in [-0.4, -0.2) is 37.1 Å². The molecule has 4 nitrogen and oxygen atoms in total. The molecule has 0 aliphatic rings. The summed E-state index contributed by atoms with van der Waals surface area (Å²) in [5.41, 5.74) is 7.82. The van der Waals surface area contributed by atoms with Crippen LogP contribution >= 0.6 is 0 Å². The van der Waals surface area contributed by atoms with Crippen LogP contribution in [0.15, 0.2) is 18.3 Å². The van der Waals surface area contributed by atoms with Gasteiger partial charge in [0, 0.05) is 19.3 Å². The third-order valence-electron chi connectivity index (χ3n) is 2.88.